The number of alkyl halides is 3. The van der Waals surface area contributed by atoms with Gasteiger partial charge in [0.2, 0.25) is 0 Å². The number of carbonyl (C=O) groups excluding carboxylic acids is 1. The minimum Gasteiger partial charge on any atom is -0.507 e. The van der Waals surface area contributed by atoms with Gasteiger partial charge in [0, 0.05) is 5.56 Å². The number of rotatable bonds is 3. The summed E-state index contributed by atoms with van der Waals surface area (Å²) in [6, 6.07) is 6.91. The van der Waals surface area contributed by atoms with Crippen molar-refractivity contribution in [2.75, 3.05) is 0 Å². The van der Waals surface area contributed by atoms with Crippen molar-refractivity contribution in [1.29, 1.82) is 0 Å². The van der Waals surface area contributed by atoms with Crippen molar-refractivity contribution in [1.82, 2.24) is 0 Å². The number of aromatic hydroxyl groups is 1. The average Bonchev–Trinajstić information content (AvgIpc) is 2.52. The number of nitrogens with zero attached hydrogens (tertiary/aromatic N) is 2. The van der Waals surface area contributed by atoms with E-state index in [9.17, 15) is 23.1 Å². The van der Waals surface area contributed by atoms with E-state index in [0.29, 0.717) is 0 Å². The predicted molar refractivity (Wildman–Crippen MR) is 86.6 cm³/mol. The third-order valence-corrected chi connectivity index (χ3v) is 3.08. The second-order valence-electron chi connectivity index (χ2n) is 4.88. The number of phenolic OH excluding ortho intramolecular Hbond substituents is 1. The van der Waals surface area contributed by atoms with Crippen LogP contribution in [0.15, 0.2) is 41.4 Å². The molecule has 5 N–H and O–H groups in total. The second-order valence-corrected chi connectivity index (χ2v) is 4.88. The molecule has 0 atom stereocenters. The van der Waals surface area contributed by atoms with Crippen molar-refractivity contribution in [3.05, 3.63) is 53.4 Å². The molecule has 2 rings (SSSR count). The zero-order valence-corrected chi connectivity index (χ0v) is 12.9. The van der Waals surface area contributed by atoms with Gasteiger partial charge in [-0.1, -0.05) is 18.2 Å². The van der Waals surface area contributed by atoms with Crippen LogP contribution in [0.5, 0.6) is 11.5 Å². The van der Waals surface area contributed by atoms with E-state index >= 15 is 0 Å². The molecule has 0 bridgehead atoms. The minimum atomic E-state index is -4.92. The molecule has 0 aromatic heterocycles. The van der Waals surface area contributed by atoms with Crippen LogP contribution in [0.3, 0.4) is 0 Å². The van der Waals surface area contributed by atoms with Gasteiger partial charge in [0.15, 0.2) is 11.6 Å². The summed E-state index contributed by atoms with van der Waals surface area (Å²) in [7, 11) is 0. The zero-order valence-electron chi connectivity index (χ0n) is 12.9. The fraction of sp³-hybridized carbons (Fsp3) is 0.0625. The second kappa shape index (κ2) is 7.02. The van der Waals surface area contributed by atoms with Crippen LogP contribution >= 0.6 is 0 Å². The summed E-state index contributed by atoms with van der Waals surface area (Å²) < 4.78 is 41.1. The summed E-state index contributed by atoms with van der Waals surface area (Å²) in [5, 5.41) is 10.0. The van der Waals surface area contributed by atoms with Crippen LogP contribution in [-0.2, 0) is 0 Å². The first-order chi connectivity index (χ1) is 12.1. The maximum absolute atomic E-state index is 12.4. The smallest absolute Gasteiger partial charge is 0.507 e. The molecular weight excluding hydrogens is 353 g/mol. The Hall–Kier alpha value is -3.74. The molecule has 10 heteroatoms. The van der Waals surface area contributed by atoms with Crippen molar-refractivity contribution < 1.29 is 27.8 Å². The molecule has 0 heterocycles. The molecule has 0 unspecified atom stereocenters. The topological polar surface area (TPSA) is 115 Å². The highest BCUT2D eigenvalue weighted by molar-refractivity contribution is 6.10. The lowest BCUT2D eigenvalue weighted by Crippen LogP contribution is -2.24. The SMILES string of the molecule is [C-]#[N+]c1ccc(O)c(C(=O)N=C(N)N)c1-c1cccc(OC(F)(F)F)c1. The van der Waals surface area contributed by atoms with Crippen LogP contribution < -0.4 is 16.2 Å². The first-order valence-corrected chi connectivity index (χ1v) is 6.86. The summed E-state index contributed by atoms with van der Waals surface area (Å²) in [6.45, 7) is 7.22. The van der Waals surface area contributed by atoms with Gasteiger partial charge in [-0.3, -0.25) is 4.79 Å². The molecule has 134 valence electrons. The maximum atomic E-state index is 12.4. The number of guanidine groups is 1. The van der Waals surface area contributed by atoms with Gasteiger partial charge in [0.1, 0.15) is 11.5 Å². The van der Waals surface area contributed by atoms with Gasteiger partial charge in [0.25, 0.3) is 5.91 Å². The highest BCUT2D eigenvalue weighted by Crippen LogP contribution is 2.40. The largest absolute Gasteiger partial charge is 0.573 e. The molecule has 0 aliphatic carbocycles. The van der Waals surface area contributed by atoms with Crippen molar-refractivity contribution in [2.24, 2.45) is 16.5 Å². The standard InChI is InChI=1S/C16H11F3N4O3/c1-22-10-5-6-11(24)13(14(25)23-15(20)21)12(10)8-3-2-4-9(7-8)26-16(17,18)19/h2-7,24H,(H4,20,21,23,25). The number of aliphatic imine (C=N–C) groups is 1. The van der Waals surface area contributed by atoms with E-state index in [0.717, 1.165) is 18.2 Å². The molecule has 0 saturated carbocycles. The lowest BCUT2D eigenvalue weighted by molar-refractivity contribution is -0.274. The fourth-order valence-electron chi connectivity index (χ4n) is 2.20. The first kappa shape index (κ1) is 18.6. The van der Waals surface area contributed by atoms with Gasteiger partial charge in [-0.15, -0.1) is 13.2 Å². The Balaban J connectivity index is 2.71. The van der Waals surface area contributed by atoms with Gasteiger partial charge in [0.05, 0.1) is 12.1 Å². The number of nitrogens with two attached hydrogens (primary N) is 2. The van der Waals surface area contributed by atoms with Gasteiger partial charge in [-0.2, -0.15) is 4.99 Å². The first-order valence-electron chi connectivity index (χ1n) is 6.86. The number of hydrogen-bond donors (Lipinski definition) is 3. The molecule has 0 radical (unpaired) electrons. The van der Waals surface area contributed by atoms with E-state index in [2.05, 4.69) is 14.6 Å². The summed E-state index contributed by atoms with van der Waals surface area (Å²) in [4.78, 5) is 18.8. The number of phenols is 1. The summed E-state index contributed by atoms with van der Waals surface area (Å²) in [6.07, 6.45) is -4.92. The van der Waals surface area contributed by atoms with Crippen LogP contribution in [0.2, 0.25) is 0 Å². The lowest BCUT2D eigenvalue weighted by Gasteiger charge is -2.14. The van der Waals surface area contributed by atoms with E-state index in [1.165, 1.54) is 18.2 Å². The quantitative estimate of drug-likeness (QED) is 0.440. The van der Waals surface area contributed by atoms with Crippen LogP contribution in [0.25, 0.3) is 16.0 Å². The highest BCUT2D eigenvalue weighted by atomic mass is 19.4. The molecule has 0 aliphatic heterocycles. The minimum absolute atomic E-state index is 0.0304. The number of carbonyl (C=O) groups is 1. The van der Waals surface area contributed by atoms with Gasteiger partial charge in [-0.05, 0) is 23.8 Å². The van der Waals surface area contributed by atoms with E-state index in [-0.39, 0.29) is 16.8 Å². The summed E-state index contributed by atoms with van der Waals surface area (Å²) in [5.74, 6) is -2.73. The van der Waals surface area contributed by atoms with Crippen LogP contribution in [0, 0.1) is 6.57 Å². The number of hydrogen-bond acceptors (Lipinski definition) is 3. The molecule has 0 aliphatic rings. The van der Waals surface area contributed by atoms with Gasteiger partial charge in [-0.25, -0.2) is 4.85 Å². The fourth-order valence-corrected chi connectivity index (χ4v) is 2.20. The zero-order chi connectivity index (χ0) is 19.5. The molecule has 26 heavy (non-hydrogen) atoms. The molecule has 2 aromatic carbocycles. The van der Waals surface area contributed by atoms with Gasteiger partial charge >= 0.3 is 6.36 Å². The van der Waals surface area contributed by atoms with E-state index < -0.39 is 35.3 Å². The molecule has 0 fully saturated rings. The third-order valence-electron chi connectivity index (χ3n) is 3.08. The van der Waals surface area contributed by atoms with Crippen LogP contribution in [0.1, 0.15) is 10.4 Å². The molecule has 0 spiro atoms. The summed E-state index contributed by atoms with van der Waals surface area (Å²) in [5.41, 5.74) is 9.70. The maximum Gasteiger partial charge on any atom is 0.573 e. The Morgan fingerprint density at radius 1 is 1.23 bits per heavy atom. The Bertz CT molecular complexity index is 929. The monoisotopic (exact) mass is 364 g/mol. The van der Waals surface area contributed by atoms with Crippen LogP contribution in [-0.4, -0.2) is 23.3 Å². The summed E-state index contributed by atoms with van der Waals surface area (Å²) >= 11 is 0. The Morgan fingerprint density at radius 3 is 2.50 bits per heavy atom. The Morgan fingerprint density at radius 2 is 1.92 bits per heavy atom. The highest BCUT2D eigenvalue weighted by Gasteiger charge is 2.31. The Kier molecular flexibility index (Phi) is 5.02. The molecule has 2 aromatic rings. The van der Waals surface area contributed by atoms with Gasteiger partial charge < -0.3 is 21.3 Å². The number of ether oxygens (including phenoxy) is 1. The number of halogens is 3. The van der Waals surface area contributed by atoms with Crippen molar-refractivity contribution in [3.63, 3.8) is 0 Å². The number of benzene rings is 2. The average molecular weight is 364 g/mol. The predicted octanol–water partition coefficient (Wildman–Crippen LogP) is 2.92. The number of amides is 1. The third kappa shape index (κ3) is 4.21. The van der Waals surface area contributed by atoms with Crippen molar-refractivity contribution in [2.45, 2.75) is 6.36 Å². The molecule has 1 amide bonds. The molecular formula is C16H11F3N4O3. The van der Waals surface area contributed by atoms with Crippen molar-refractivity contribution in [3.8, 4) is 22.6 Å². The van der Waals surface area contributed by atoms with E-state index in [1.54, 1.807) is 0 Å². The normalized spacial score (nSPS) is 10.7. The molecule has 0 saturated heterocycles. The van der Waals surface area contributed by atoms with E-state index in [1.807, 2.05) is 0 Å². The molecule has 7 nitrogen and oxygen atoms in total. The van der Waals surface area contributed by atoms with Crippen LogP contribution in [0.4, 0.5) is 18.9 Å². The lowest BCUT2D eigenvalue weighted by atomic mass is 9.96. The van der Waals surface area contributed by atoms with Crippen molar-refractivity contribution >= 4 is 17.6 Å². The Labute approximate surface area is 145 Å². The van der Waals surface area contributed by atoms with E-state index in [4.69, 9.17) is 18.0 Å².